The molecule has 2 unspecified atom stereocenters. The maximum absolute atomic E-state index is 14.9. The molecule has 3 aromatic rings. The van der Waals surface area contributed by atoms with Crippen molar-refractivity contribution in [3.05, 3.63) is 107 Å². The summed E-state index contributed by atoms with van der Waals surface area (Å²) in [6.07, 6.45) is -5.26. The third-order valence-electron chi connectivity index (χ3n) is 6.21. The van der Waals surface area contributed by atoms with Crippen molar-refractivity contribution < 1.29 is 58.1 Å². The van der Waals surface area contributed by atoms with Crippen molar-refractivity contribution >= 4 is 0 Å². The molecule has 1 saturated heterocycles. The summed E-state index contributed by atoms with van der Waals surface area (Å²) in [7, 11) is 0. The second kappa shape index (κ2) is 11.9. The zero-order valence-electron chi connectivity index (χ0n) is 20.6. The molecule has 0 N–H and O–H groups in total. The van der Waals surface area contributed by atoms with E-state index in [1.165, 1.54) is 12.1 Å². The highest BCUT2D eigenvalue weighted by atomic mass is 19.3. The van der Waals surface area contributed by atoms with E-state index in [0.717, 1.165) is 12.5 Å². The van der Waals surface area contributed by atoms with Crippen LogP contribution in [-0.4, -0.2) is 6.61 Å². The van der Waals surface area contributed by atoms with Gasteiger partial charge in [-0.1, -0.05) is 18.2 Å². The van der Waals surface area contributed by atoms with Crippen LogP contribution in [0.1, 0.15) is 30.1 Å². The van der Waals surface area contributed by atoms with Crippen molar-refractivity contribution in [1.82, 2.24) is 0 Å². The van der Waals surface area contributed by atoms with Gasteiger partial charge in [-0.15, -0.1) is 6.58 Å². The fourth-order valence-corrected chi connectivity index (χ4v) is 4.21. The highest BCUT2D eigenvalue weighted by Gasteiger charge is 2.42. The molecular weight excluding hydrogens is 574 g/mol. The van der Waals surface area contributed by atoms with Crippen molar-refractivity contribution in [3.63, 3.8) is 0 Å². The lowest BCUT2D eigenvalue weighted by atomic mass is 9.93. The minimum atomic E-state index is -4.88. The Morgan fingerprint density at radius 1 is 0.854 bits per heavy atom. The molecule has 1 fully saturated rings. The van der Waals surface area contributed by atoms with E-state index in [4.69, 9.17) is 4.74 Å². The number of hydrogen-bond donors (Lipinski definition) is 0. The molecule has 0 aliphatic carbocycles. The van der Waals surface area contributed by atoms with Crippen molar-refractivity contribution in [2.75, 3.05) is 6.61 Å². The Bertz CT molecular complexity index is 1450. The zero-order valence-corrected chi connectivity index (χ0v) is 20.6. The monoisotopic (exact) mass is 592 g/mol. The van der Waals surface area contributed by atoms with Gasteiger partial charge in [0.2, 0.25) is 5.75 Å². The molecule has 0 bridgehead atoms. The molecule has 2 atom stereocenters. The molecule has 0 saturated carbocycles. The SMILES string of the molecule is C=CC1CCC(c2ccc(-c3cc(F)c(C(F)(F)Oc4cc(F)c(OC(F)=C(F)F)c(F)c4)c(F)c3)c(F)c2)OC1. The first-order valence-electron chi connectivity index (χ1n) is 11.8. The highest BCUT2D eigenvalue weighted by Crippen LogP contribution is 2.40. The molecule has 1 aliphatic heterocycles. The lowest BCUT2D eigenvalue weighted by Gasteiger charge is -2.27. The zero-order chi connectivity index (χ0) is 30.1. The van der Waals surface area contributed by atoms with Crippen LogP contribution in [0, 0.1) is 35.0 Å². The quantitative estimate of drug-likeness (QED) is 0.148. The van der Waals surface area contributed by atoms with Crippen LogP contribution in [0.25, 0.3) is 11.1 Å². The van der Waals surface area contributed by atoms with E-state index in [-0.39, 0.29) is 23.6 Å². The standard InChI is InChI=1S/C28H18F10O3/c1-2-13-3-6-23(39-12-13)14-4-5-17(18(29)7-14)15-8-19(30)24(20(31)9-15)28(37,38)41-16-10-21(32)25(22(33)11-16)40-27(36)26(34)35/h2,4-5,7-11,13,23H,1,3,6,12H2. The molecule has 0 amide bonds. The molecule has 3 aromatic carbocycles. The molecule has 13 heteroatoms. The van der Waals surface area contributed by atoms with Crippen molar-refractivity contribution in [2.45, 2.75) is 25.1 Å². The Morgan fingerprint density at radius 2 is 1.49 bits per heavy atom. The average molecular weight is 592 g/mol. The Hall–Kier alpha value is -4.00. The predicted molar refractivity (Wildman–Crippen MR) is 125 cm³/mol. The van der Waals surface area contributed by atoms with Crippen molar-refractivity contribution in [1.29, 1.82) is 0 Å². The van der Waals surface area contributed by atoms with Crippen molar-refractivity contribution in [3.8, 4) is 22.6 Å². The summed E-state index contributed by atoms with van der Waals surface area (Å²) >= 11 is 0. The number of ether oxygens (including phenoxy) is 3. The fourth-order valence-electron chi connectivity index (χ4n) is 4.21. The summed E-state index contributed by atoms with van der Waals surface area (Å²) in [6, 6.07) is 1.94. The molecule has 1 aliphatic rings. The second-order valence-electron chi connectivity index (χ2n) is 8.92. The van der Waals surface area contributed by atoms with Gasteiger partial charge < -0.3 is 14.2 Å². The van der Waals surface area contributed by atoms with E-state index in [9.17, 15) is 43.9 Å². The van der Waals surface area contributed by atoms with E-state index in [2.05, 4.69) is 16.1 Å². The first-order valence-corrected chi connectivity index (χ1v) is 11.8. The van der Waals surface area contributed by atoms with Gasteiger partial charge in [0, 0.05) is 23.6 Å². The first-order chi connectivity index (χ1) is 19.3. The molecule has 0 aromatic heterocycles. The lowest BCUT2D eigenvalue weighted by molar-refractivity contribution is -0.189. The van der Waals surface area contributed by atoms with Gasteiger partial charge in [0.15, 0.2) is 11.6 Å². The van der Waals surface area contributed by atoms with E-state index < -0.39 is 76.0 Å². The van der Waals surface area contributed by atoms with Crippen LogP contribution in [0.4, 0.5) is 43.9 Å². The van der Waals surface area contributed by atoms with Gasteiger partial charge in [0.05, 0.1) is 12.7 Å². The van der Waals surface area contributed by atoms with E-state index >= 15 is 0 Å². The molecule has 41 heavy (non-hydrogen) atoms. The third kappa shape index (κ3) is 6.50. The summed E-state index contributed by atoms with van der Waals surface area (Å²) < 4.78 is 153. The molecule has 1 heterocycles. The van der Waals surface area contributed by atoms with Gasteiger partial charge in [-0.2, -0.15) is 22.0 Å². The Morgan fingerprint density at radius 3 is 2.00 bits per heavy atom. The van der Waals surface area contributed by atoms with E-state index in [0.29, 0.717) is 30.7 Å². The predicted octanol–water partition coefficient (Wildman–Crippen LogP) is 9.24. The van der Waals surface area contributed by atoms with Crippen LogP contribution in [-0.2, 0) is 10.8 Å². The average Bonchev–Trinajstić information content (AvgIpc) is 2.89. The first kappa shape index (κ1) is 30.0. The van der Waals surface area contributed by atoms with Crippen LogP contribution < -0.4 is 9.47 Å². The number of rotatable bonds is 8. The number of hydrogen-bond acceptors (Lipinski definition) is 3. The minimum absolute atomic E-state index is 0.00950. The van der Waals surface area contributed by atoms with E-state index in [1.54, 1.807) is 6.08 Å². The van der Waals surface area contributed by atoms with Crippen LogP contribution >= 0.6 is 0 Å². The van der Waals surface area contributed by atoms with Crippen molar-refractivity contribution in [2.24, 2.45) is 5.92 Å². The van der Waals surface area contributed by atoms with Gasteiger partial charge in [0.1, 0.15) is 28.8 Å². The van der Waals surface area contributed by atoms with Gasteiger partial charge in [-0.3, -0.25) is 0 Å². The topological polar surface area (TPSA) is 27.7 Å². The van der Waals surface area contributed by atoms with Gasteiger partial charge in [-0.05, 0) is 42.2 Å². The van der Waals surface area contributed by atoms with E-state index in [1.807, 2.05) is 0 Å². The largest absolute Gasteiger partial charge is 0.432 e. The molecule has 3 nitrogen and oxygen atoms in total. The maximum Gasteiger partial charge on any atom is 0.432 e. The Kier molecular flexibility index (Phi) is 8.66. The second-order valence-corrected chi connectivity index (χ2v) is 8.92. The molecule has 0 spiro atoms. The summed E-state index contributed by atoms with van der Waals surface area (Å²) in [6.45, 7) is 4.08. The van der Waals surface area contributed by atoms with Gasteiger partial charge in [-0.25, -0.2) is 22.0 Å². The molecule has 4 rings (SSSR count). The number of alkyl halides is 2. The van der Waals surface area contributed by atoms with Crippen LogP contribution in [0.15, 0.2) is 67.2 Å². The minimum Gasteiger partial charge on any atom is -0.429 e. The summed E-state index contributed by atoms with van der Waals surface area (Å²) in [5, 5.41) is 0. The molecule has 218 valence electrons. The summed E-state index contributed by atoms with van der Waals surface area (Å²) in [5.74, 6) is -11.5. The van der Waals surface area contributed by atoms with Crippen LogP contribution in [0.2, 0.25) is 0 Å². The molecular formula is C28H18F10O3. The van der Waals surface area contributed by atoms with Gasteiger partial charge in [0.25, 0.3) is 0 Å². The molecule has 0 radical (unpaired) electrons. The Labute approximate surface area is 226 Å². The smallest absolute Gasteiger partial charge is 0.429 e. The maximum atomic E-state index is 14.9. The Balaban J connectivity index is 1.58. The normalized spacial score (nSPS) is 17.2. The number of benzene rings is 3. The number of halogens is 10. The van der Waals surface area contributed by atoms with Crippen LogP contribution in [0.3, 0.4) is 0 Å². The lowest BCUT2D eigenvalue weighted by Crippen LogP contribution is -2.25. The summed E-state index contributed by atoms with van der Waals surface area (Å²) in [5.41, 5.74) is -2.25. The summed E-state index contributed by atoms with van der Waals surface area (Å²) in [4.78, 5) is 0. The van der Waals surface area contributed by atoms with Crippen LogP contribution in [0.5, 0.6) is 11.5 Å². The highest BCUT2D eigenvalue weighted by molar-refractivity contribution is 5.65. The van der Waals surface area contributed by atoms with Gasteiger partial charge >= 0.3 is 18.2 Å². The third-order valence-corrected chi connectivity index (χ3v) is 6.21. The fraction of sp³-hybridized carbons (Fsp3) is 0.214.